The molecule has 35 heavy (non-hydrogen) atoms. The number of benzene rings is 2. The monoisotopic (exact) mass is 487 g/mol. The predicted molar refractivity (Wildman–Crippen MR) is 131 cm³/mol. The van der Waals surface area contributed by atoms with E-state index in [0.29, 0.717) is 18.9 Å². The number of amides is 2. The normalized spacial score (nSPS) is 16.8. The Balaban J connectivity index is 0.000000623. The Labute approximate surface area is 204 Å². The highest BCUT2D eigenvalue weighted by molar-refractivity contribution is 6.03. The van der Waals surface area contributed by atoms with E-state index < -0.39 is 12.2 Å². The van der Waals surface area contributed by atoms with Crippen LogP contribution in [0.2, 0.25) is 0 Å². The Kier molecular flexibility index (Phi) is 9.09. The van der Waals surface area contributed by atoms with E-state index in [1.54, 1.807) is 11.0 Å². The zero-order valence-electron chi connectivity index (χ0n) is 19.8. The van der Waals surface area contributed by atoms with Crippen molar-refractivity contribution < 1.29 is 22.8 Å². The molecule has 188 valence electrons. The molecule has 3 N–H and O–H groups in total. The van der Waals surface area contributed by atoms with E-state index >= 15 is 0 Å². The Morgan fingerprint density at radius 3 is 2.40 bits per heavy atom. The van der Waals surface area contributed by atoms with E-state index in [1.165, 1.54) is 11.1 Å². The van der Waals surface area contributed by atoms with E-state index in [1.807, 2.05) is 42.5 Å². The number of para-hydroxylation sites is 1. The van der Waals surface area contributed by atoms with Crippen LogP contribution < -0.4 is 16.0 Å². The summed E-state index contributed by atoms with van der Waals surface area (Å²) in [6, 6.07) is 17.5. The van der Waals surface area contributed by atoms with Crippen LogP contribution in [0.5, 0.6) is 0 Å². The summed E-state index contributed by atoms with van der Waals surface area (Å²) < 4.78 is 31.1. The molecule has 0 spiro atoms. The summed E-state index contributed by atoms with van der Waals surface area (Å²) in [5.41, 5.74) is 9.46. The minimum Gasteiger partial charge on any atom is -0.349 e. The van der Waals surface area contributed by atoms with Gasteiger partial charge in [-0.05, 0) is 55.2 Å². The molecule has 2 aromatic rings. The third kappa shape index (κ3) is 8.87. The molecule has 0 aromatic heterocycles. The number of nitrogens with two attached hydrogens (primary N) is 1. The number of alkyl halides is 3. The van der Waals surface area contributed by atoms with Crippen molar-refractivity contribution in [2.45, 2.75) is 57.3 Å². The summed E-state index contributed by atoms with van der Waals surface area (Å²) in [7, 11) is 0. The van der Waals surface area contributed by atoms with E-state index in [9.17, 15) is 22.8 Å². The lowest BCUT2D eigenvalue weighted by Gasteiger charge is -2.19. The summed E-state index contributed by atoms with van der Waals surface area (Å²) in [6.45, 7) is 0.878. The number of nitrogens with zero attached hydrogens (tertiary/aromatic N) is 1. The van der Waals surface area contributed by atoms with Crippen molar-refractivity contribution >= 4 is 17.5 Å². The molecule has 0 bridgehead atoms. The highest BCUT2D eigenvalue weighted by atomic mass is 19.4. The number of carbonyl (C=O) groups is 2. The zero-order valence-corrected chi connectivity index (χ0v) is 19.8. The van der Waals surface area contributed by atoms with Crippen molar-refractivity contribution in [2.24, 2.45) is 11.7 Å². The Bertz CT molecular complexity index is 1010. The van der Waals surface area contributed by atoms with Gasteiger partial charge in [-0.2, -0.15) is 13.2 Å². The Morgan fingerprint density at radius 2 is 1.74 bits per heavy atom. The van der Waals surface area contributed by atoms with Crippen molar-refractivity contribution in [3.05, 3.63) is 77.9 Å². The van der Waals surface area contributed by atoms with Gasteiger partial charge in [0.05, 0.1) is 6.04 Å². The first kappa shape index (κ1) is 26.5. The van der Waals surface area contributed by atoms with Gasteiger partial charge in [-0.1, -0.05) is 54.6 Å². The molecule has 8 heteroatoms. The van der Waals surface area contributed by atoms with Crippen molar-refractivity contribution in [2.75, 3.05) is 11.4 Å². The van der Waals surface area contributed by atoms with E-state index in [-0.39, 0.29) is 24.8 Å². The maximum absolute atomic E-state index is 12.8. The molecule has 1 aliphatic heterocycles. The average molecular weight is 488 g/mol. The lowest BCUT2D eigenvalue weighted by Crippen LogP contribution is -2.46. The quantitative estimate of drug-likeness (QED) is 0.537. The van der Waals surface area contributed by atoms with Crippen LogP contribution in [-0.2, 0) is 22.4 Å². The number of hydrogen-bond donors (Lipinski definition) is 2. The molecule has 1 unspecified atom stereocenters. The van der Waals surface area contributed by atoms with Gasteiger partial charge in [-0.3, -0.25) is 9.59 Å². The summed E-state index contributed by atoms with van der Waals surface area (Å²) in [5.74, 6) is 0.121. The number of aryl methyl sites for hydroxylation is 1. The highest BCUT2D eigenvalue weighted by Crippen LogP contribution is 2.31. The van der Waals surface area contributed by atoms with Gasteiger partial charge < -0.3 is 16.0 Å². The van der Waals surface area contributed by atoms with Crippen LogP contribution in [-0.4, -0.2) is 36.6 Å². The minimum atomic E-state index is -4.00. The summed E-state index contributed by atoms with van der Waals surface area (Å²) in [6.07, 6.45) is 3.87. The topological polar surface area (TPSA) is 75.4 Å². The first-order valence-electron chi connectivity index (χ1n) is 11.9. The molecule has 0 radical (unpaired) electrons. The van der Waals surface area contributed by atoms with Crippen LogP contribution in [0.1, 0.15) is 37.3 Å². The molecular weight excluding hydrogens is 455 g/mol. The molecule has 2 atom stereocenters. The number of fused-ring (bicyclic) bond motifs is 1. The Hall–Kier alpha value is -3.13. The number of nitrogens with one attached hydrogen (secondary N) is 1. The zero-order chi connectivity index (χ0) is 25.4. The number of carbonyl (C=O) groups excluding carboxylic acids is 2. The second-order valence-electron chi connectivity index (χ2n) is 9.01. The second kappa shape index (κ2) is 12.0. The first-order chi connectivity index (χ1) is 16.6. The molecule has 1 saturated carbocycles. The van der Waals surface area contributed by atoms with Crippen molar-refractivity contribution in [1.82, 2.24) is 5.32 Å². The molecule has 5 nitrogen and oxygen atoms in total. The summed E-state index contributed by atoms with van der Waals surface area (Å²) >= 11 is 0. The molecule has 1 fully saturated rings. The van der Waals surface area contributed by atoms with E-state index in [4.69, 9.17) is 5.73 Å². The average Bonchev–Trinajstić information content (AvgIpc) is 3.58. The third-order valence-electron chi connectivity index (χ3n) is 5.97. The third-order valence-corrected chi connectivity index (χ3v) is 5.97. The fourth-order valence-electron chi connectivity index (χ4n) is 3.99. The van der Waals surface area contributed by atoms with E-state index in [2.05, 4.69) is 23.5 Å². The smallest absolute Gasteiger partial charge is 0.349 e. The predicted octanol–water partition coefficient (Wildman–Crippen LogP) is 4.56. The van der Waals surface area contributed by atoms with Gasteiger partial charge in [0.25, 0.3) is 5.91 Å². The van der Waals surface area contributed by atoms with Crippen molar-refractivity contribution in [3.8, 4) is 0 Å². The SMILES string of the molecule is CC(F)(F)F.NC(C(=O)N[C@H](/C=C/C(=O)N1CCc2ccccc21)CCc1ccccc1)C1CC1. The number of rotatable bonds is 8. The molecule has 2 aromatic carbocycles. The summed E-state index contributed by atoms with van der Waals surface area (Å²) in [4.78, 5) is 27.2. The van der Waals surface area contributed by atoms with Crippen LogP contribution in [0.15, 0.2) is 66.7 Å². The number of hydrogen-bond acceptors (Lipinski definition) is 3. The largest absolute Gasteiger partial charge is 0.386 e. The molecule has 2 aliphatic rings. The minimum absolute atomic E-state index is 0.0506. The van der Waals surface area contributed by atoms with Crippen LogP contribution in [0, 0.1) is 5.92 Å². The fourth-order valence-corrected chi connectivity index (χ4v) is 3.99. The maximum atomic E-state index is 12.8. The molecule has 4 rings (SSSR count). The van der Waals surface area contributed by atoms with Crippen molar-refractivity contribution in [1.29, 1.82) is 0 Å². The van der Waals surface area contributed by atoms with Crippen molar-refractivity contribution in [3.63, 3.8) is 0 Å². The van der Waals surface area contributed by atoms with Crippen LogP contribution in [0.4, 0.5) is 18.9 Å². The molecular formula is C27H32F3N3O2. The van der Waals surface area contributed by atoms with Gasteiger partial charge in [0.15, 0.2) is 0 Å². The molecule has 2 amide bonds. The fraction of sp³-hybridized carbons (Fsp3) is 0.407. The van der Waals surface area contributed by atoms with Crippen LogP contribution in [0.25, 0.3) is 0 Å². The van der Waals surface area contributed by atoms with Gasteiger partial charge in [0.1, 0.15) is 0 Å². The number of anilines is 1. The first-order valence-corrected chi connectivity index (χ1v) is 11.9. The maximum Gasteiger partial charge on any atom is 0.386 e. The molecule has 1 heterocycles. The molecule has 0 saturated heterocycles. The van der Waals surface area contributed by atoms with Gasteiger partial charge >= 0.3 is 6.18 Å². The lowest BCUT2D eigenvalue weighted by atomic mass is 10.0. The standard InChI is InChI=1S/C25H29N3O2.C2H3F3/c26-24(20-11-12-20)25(30)27-21(13-10-18-6-2-1-3-7-18)14-15-23(29)28-17-16-19-8-4-5-9-22(19)28;1-2(3,4)5/h1-9,14-15,20-21,24H,10-13,16-17,26H2,(H,27,30);1H3/b15-14+;/t21-,24?;/m0./s1. The molecule has 1 aliphatic carbocycles. The lowest BCUT2D eigenvalue weighted by molar-refractivity contribution is -0.123. The second-order valence-corrected chi connectivity index (χ2v) is 9.01. The summed E-state index contributed by atoms with van der Waals surface area (Å²) in [5, 5.41) is 3.05. The highest BCUT2D eigenvalue weighted by Gasteiger charge is 2.33. The van der Waals surface area contributed by atoms with Crippen LogP contribution in [0.3, 0.4) is 0 Å². The van der Waals surface area contributed by atoms with Gasteiger partial charge in [-0.25, -0.2) is 0 Å². The van der Waals surface area contributed by atoms with Crippen LogP contribution >= 0.6 is 0 Å². The Morgan fingerprint density at radius 1 is 1.11 bits per heavy atom. The van der Waals surface area contributed by atoms with E-state index in [0.717, 1.165) is 31.4 Å². The van der Waals surface area contributed by atoms with Gasteiger partial charge in [-0.15, -0.1) is 0 Å². The van der Waals surface area contributed by atoms with Gasteiger partial charge in [0.2, 0.25) is 5.91 Å². The number of halogens is 3. The van der Waals surface area contributed by atoms with Gasteiger partial charge in [0, 0.05) is 31.3 Å².